The van der Waals surface area contributed by atoms with Gasteiger partial charge < -0.3 is 10.1 Å². The molecule has 0 saturated carbocycles. The molecule has 1 aliphatic rings. The number of hydrogen-bond donors (Lipinski definition) is 1. The van der Waals surface area contributed by atoms with E-state index >= 15 is 0 Å². The molecule has 1 aromatic carbocycles. The molecule has 0 amide bonds. The van der Waals surface area contributed by atoms with Gasteiger partial charge in [0.2, 0.25) is 0 Å². The number of unbranched alkanes of at least 4 members (excludes halogenated alkanes) is 1. The maximum Gasteiger partial charge on any atom is 0.416 e. The fourth-order valence-corrected chi connectivity index (χ4v) is 3.10. The second kappa shape index (κ2) is 8.83. The van der Waals surface area contributed by atoms with E-state index in [1.807, 2.05) is 0 Å². The smallest absolute Gasteiger partial charge is 0.373 e. The van der Waals surface area contributed by atoms with Gasteiger partial charge >= 0.3 is 6.18 Å². The van der Waals surface area contributed by atoms with Gasteiger partial charge in [-0.15, -0.1) is 0 Å². The summed E-state index contributed by atoms with van der Waals surface area (Å²) in [5.74, 6) is 0. The van der Waals surface area contributed by atoms with Gasteiger partial charge in [-0.3, -0.25) is 4.90 Å². The van der Waals surface area contributed by atoms with Crippen LogP contribution >= 0.6 is 0 Å². The molecule has 24 heavy (non-hydrogen) atoms. The van der Waals surface area contributed by atoms with E-state index in [0.29, 0.717) is 18.8 Å². The van der Waals surface area contributed by atoms with Crippen LogP contribution in [0.25, 0.3) is 0 Å². The molecule has 1 saturated heterocycles. The average Bonchev–Trinajstić information content (AvgIpc) is 2.49. The molecule has 2 unspecified atom stereocenters. The summed E-state index contributed by atoms with van der Waals surface area (Å²) in [6.45, 7) is 8.73. The maximum absolute atomic E-state index is 12.5. The molecule has 136 valence electrons. The summed E-state index contributed by atoms with van der Waals surface area (Å²) in [6, 6.07) is 5.34. The third-order valence-corrected chi connectivity index (χ3v) is 4.18. The predicted octanol–water partition coefficient (Wildman–Crippen LogP) is 3.68. The lowest BCUT2D eigenvalue weighted by Gasteiger charge is -2.35. The first-order valence-electron chi connectivity index (χ1n) is 8.59. The van der Waals surface area contributed by atoms with Crippen molar-refractivity contribution in [1.29, 1.82) is 0 Å². The van der Waals surface area contributed by atoms with E-state index in [1.165, 1.54) is 12.1 Å². The summed E-state index contributed by atoms with van der Waals surface area (Å²) in [5, 5.41) is 3.29. The number of morpholine rings is 1. The van der Waals surface area contributed by atoms with Crippen molar-refractivity contribution < 1.29 is 17.9 Å². The highest BCUT2D eigenvalue weighted by atomic mass is 19.4. The Morgan fingerprint density at radius 2 is 1.71 bits per heavy atom. The minimum atomic E-state index is -4.26. The monoisotopic (exact) mass is 344 g/mol. The molecule has 0 aromatic heterocycles. The number of hydrogen-bond acceptors (Lipinski definition) is 3. The van der Waals surface area contributed by atoms with Crippen LogP contribution in [0.4, 0.5) is 13.2 Å². The Kier molecular flexibility index (Phi) is 7.07. The highest BCUT2D eigenvalue weighted by Gasteiger charge is 2.29. The third kappa shape index (κ3) is 6.42. The van der Waals surface area contributed by atoms with Gasteiger partial charge in [0.25, 0.3) is 0 Å². The normalized spacial score (nSPS) is 22.7. The summed E-state index contributed by atoms with van der Waals surface area (Å²) in [6.07, 6.45) is -1.50. The first-order valence-corrected chi connectivity index (χ1v) is 8.59. The summed E-state index contributed by atoms with van der Waals surface area (Å²) >= 11 is 0. The van der Waals surface area contributed by atoms with Crippen LogP contribution in [0.2, 0.25) is 0 Å². The molecule has 1 aliphatic heterocycles. The van der Waals surface area contributed by atoms with Crippen LogP contribution in [0, 0.1) is 0 Å². The Balaban J connectivity index is 1.58. The molecule has 6 heteroatoms. The first-order chi connectivity index (χ1) is 11.3. The number of nitrogens with one attached hydrogen (secondary N) is 1. The Morgan fingerprint density at radius 1 is 1.08 bits per heavy atom. The maximum atomic E-state index is 12.5. The van der Waals surface area contributed by atoms with Crippen molar-refractivity contribution >= 4 is 0 Å². The number of halogens is 3. The summed E-state index contributed by atoms with van der Waals surface area (Å²) in [7, 11) is 0. The second-order valence-corrected chi connectivity index (χ2v) is 6.60. The summed E-state index contributed by atoms with van der Waals surface area (Å²) < 4.78 is 43.2. The number of ether oxygens (including phenoxy) is 1. The molecule has 2 atom stereocenters. The minimum absolute atomic E-state index is 0.298. The number of alkyl halides is 3. The van der Waals surface area contributed by atoms with Crippen molar-refractivity contribution in [3.8, 4) is 0 Å². The molecule has 3 nitrogen and oxygen atoms in total. The molecule has 1 aromatic rings. The largest absolute Gasteiger partial charge is 0.416 e. The van der Waals surface area contributed by atoms with Crippen LogP contribution in [0.1, 0.15) is 37.8 Å². The number of benzene rings is 1. The highest BCUT2D eigenvalue weighted by Crippen LogP contribution is 2.29. The van der Waals surface area contributed by atoms with Crippen molar-refractivity contribution in [3.63, 3.8) is 0 Å². The van der Waals surface area contributed by atoms with Crippen LogP contribution in [0.3, 0.4) is 0 Å². The zero-order chi connectivity index (χ0) is 17.6. The van der Waals surface area contributed by atoms with Gasteiger partial charge in [-0.1, -0.05) is 12.1 Å². The van der Waals surface area contributed by atoms with E-state index in [9.17, 15) is 13.2 Å². The Morgan fingerprint density at radius 3 is 2.29 bits per heavy atom. The van der Waals surface area contributed by atoms with Crippen molar-refractivity contribution in [2.45, 2.75) is 51.6 Å². The lowest BCUT2D eigenvalue weighted by molar-refractivity contribution is -0.137. The highest BCUT2D eigenvalue weighted by molar-refractivity contribution is 5.24. The first kappa shape index (κ1) is 19.2. The van der Waals surface area contributed by atoms with E-state index in [4.69, 9.17) is 4.74 Å². The zero-order valence-electron chi connectivity index (χ0n) is 14.4. The van der Waals surface area contributed by atoms with Crippen LogP contribution < -0.4 is 5.32 Å². The molecule has 1 heterocycles. The Labute approximate surface area is 142 Å². The standard InChI is InChI=1S/C18H27F3N2O/c1-14-12-23(13-15(2)24-14)10-4-3-9-22-11-16-5-7-17(8-6-16)18(19,20)21/h5-8,14-15,22H,3-4,9-13H2,1-2H3. The summed E-state index contributed by atoms with van der Waals surface area (Å²) in [4.78, 5) is 2.44. The molecule has 0 bridgehead atoms. The van der Waals surface area contributed by atoms with E-state index in [2.05, 4.69) is 24.1 Å². The van der Waals surface area contributed by atoms with Crippen LogP contribution in [0.15, 0.2) is 24.3 Å². The predicted molar refractivity (Wildman–Crippen MR) is 88.8 cm³/mol. The van der Waals surface area contributed by atoms with E-state index in [1.54, 1.807) is 0 Å². The molecule has 2 rings (SSSR count). The fourth-order valence-electron chi connectivity index (χ4n) is 3.10. The molecule has 1 fully saturated rings. The van der Waals surface area contributed by atoms with Crippen molar-refractivity contribution in [1.82, 2.24) is 10.2 Å². The molecular formula is C18H27F3N2O. The van der Waals surface area contributed by atoms with Crippen LogP contribution in [-0.2, 0) is 17.5 Å². The van der Waals surface area contributed by atoms with E-state index in [-0.39, 0.29) is 0 Å². The van der Waals surface area contributed by atoms with Crippen molar-refractivity contribution in [2.75, 3.05) is 26.2 Å². The van der Waals surface area contributed by atoms with Crippen LogP contribution in [0.5, 0.6) is 0 Å². The average molecular weight is 344 g/mol. The van der Waals surface area contributed by atoms with Gasteiger partial charge in [0.05, 0.1) is 17.8 Å². The Hall–Kier alpha value is -1.11. The quantitative estimate of drug-likeness (QED) is 0.764. The zero-order valence-corrected chi connectivity index (χ0v) is 14.4. The van der Waals surface area contributed by atoms with E-state index in [0.717, 1.165) is 56.7 Å². The molecule has 0 spiro atoms. The van der Waals surface area contributed by atoms with Crippen molar-refractivity contribution in [2.24, 2.45) is 0 Å². The summed E-state index contributed by atoms with van der Waals surface area (Å²) in [5.41, 5.74) is 0.277. The molecule has 1 N–H and O–H groups in total. The van der Waals surface area contributed by atoms with Gasteiger partial charge in [-0.25, -0.2) is 0 Å². The van der Waals surface area contributed by atoms with Crippen LogP contribution in [-0.4, -0.2) is 43.3 Å². The number of rotatable bonds is 7. The van der Waals surface area contributed by atoms with Crippen molar-refractivity contribution in [3.05, 3.63) is 35.4 Å². The minimum Gasteiger partial charge on any atom is -0.373 e. The van der Waals surface area contributed by atoms with Gasteiger partial charge in [-0.05, 0) is 57.5 Å². The SMILES string of the molecule is CC1CN(CCCCNCc2ccc(C(F)(F)F)cc2)CC(C)O1. The number of nitrogens with zero attached hydrogens (tertiary/aromatic N) is 1. The fraction of sp³-hybridized carbons (Fsp3) is 0.667. The van der Waals surface area contributed by atoms with Gasteiger partial charge in [0, 0.05) is 19.6 Å². The van der Waals surface area contributed by atoms with Gasteiger partial charge in [-0.2, -0.15) is 13.2 Å². The molecule has 0 radical (unpaired) electrons. The second-order valence-electron chi connectivity index (χ2n) is 6.60. The van der Waals surface area contributed by atoms with Gasteiger partial charge in [0.15, 0.2) is 0 Å². The third-order valence-electron chi connectivity index (χ3n) is 4.18. The van der Waals surface area contributed by atoms with E-state index < -0.39 is 11.7 Å². The topological polar surface area (TPSA) is 24.5 Å². The molecular weight excluding hydrogens is 317 g/mol. The lowest BCUT2D eigenvalue weighted by atomic mass is 10.1. The lowest BCUT2D eigenvalue weighted by Crippen LogP contribution is -2.45. The Bertz CT molecular complexity index is 480. The van der Waals surface area contributed by atoms with Gasteiger partial charge in [0.1, 0.15) is 0 Å². The molecule has 0 aliphatic carbocycles.